The predicted octanol–water partition coefficient (Wildman–Crippen LogP) is 1.58. The summed E-state index contributed by atoms with van der Waals surface area (Å²) < 4.78 is 4.98. The van der Waals surface area contributed by atoms with Gasteiger partial charge in [-0.25, -0.2) is 0 Å². The highest BCUT2D eigenvalue weighted by Crippen LogP contribution is 2.24. The van der Waals surface area contributed by atoms with Crippen LogP contribution >= 0.6 is 0 Å². The van der Waals surface area contributed by atoms with Crippen molar-refractivity contribution in [3.05, 3.63) is 40.0 Å². The van der Waals surface area contributed by atoms with Gasteiger partial charge in [0.25, 0.3) is 5.69 Å². The van der Waals surface area contributed by atoms with E-state index < -0.39 is 4.92 Å². The molecule has 80 valence electrons. The average molecular weight is 208 g/mol. The normalized spacial score (nSPS) is 10.5. The molecule has 1 aromatic rings. The molecule has 2 N–H and O–H groups in total. The fraction of sp³-hybridized carbons (Fsp3) is 0.200. The van der Waals surface area contributed by atoms with E-state index in [2.05, 4.69) is 0 Å². The topological polar surface area (TPSA) is 78.4 Å². The van der Waals surface area contributed by atoms with Crippen LogP contribution < -0.4 is 10.5 Å². The van der Waals surface area contributed by atoms with Crippen LogP contribution in [0, 0.1) is 10.1 Å². The molecule has 0 bridgehead atoms. The monoisotopic (exact) mass is 208 g/mol. The van der Waals surface area contributed by atoms with E-state index >= 15 is 0 Å². The first-order valence-electron chi connectivity index (χ1n) is 4.38. The number of ether oxygens (including phenoxy) is 1. The minimum Gasteiger partial charge on any atom is -0.497 e. The van der Waals surface area contributed by atoms with E-state index in [1.165, 1.54) is 13.2 Å². The van der Waals surface area contributed by atoms with Crippen molar-refractivity contribution in [3.8, 4) is 5.75 Å². The lowest BCUT2D eigenvalue weighted by molar-refractivity contribution is -0.385. The Morgan fingerprint density at radius 1 is 1.60 bits per heavy atom. The molecule has 0 aromatic heterocycles. The third-order valence-electron chi connectivity index (χ3n) is 1.86. The summed E-state index contributed by atoms with van der Waals surface area (Å²) in [6.07, 6.45) is 3.27. The number of nitrogens with two attached hydrogens (primary N) is 1. The van der Waals surface area contributed by atoms with Crippen molar-refractivity contribution in [1.29, 1.82) is 0 Å². The van der Waals surface area contributed by atoms with E-state index in [9.17, 15) is 10.1 Å². The second-order valence-corrected chi connectivity index (χ2v) is 2.82. The van der Waals surface area contributed by atoms with Crippen molar-refractivity contribution in [3.63, 3.8) is 0 Å². The Labute approximate surface area is 87.3 Å². The van der Waals surface area contributed by atoms with Crippen molar-refractivity contribution in [2.45, 2.75) is 0 Å². The molecule has 0 fully saturated rings. The molecule has 0 saturated carbocycles. The first-order valence-corrected chi connectivity index (χ1v) is 4.38. The summed E-state index contributed by atoms with van der Waals surface area (Å²) in [6, 6.07) is 4.57. The van der Waals surface area contributed by atoms with Gasteiger partial charge in [0, 0.05) is 12.6 Å². The largest absolute Gasteiger partial charge is 0.497 e. The van der Waals surface area contributed by atoms with Crippen LogP contribution in [0.1, 0.15) is 5.56 Å². The Morgan fingerprint density at radius 2 is 2.33 bits per heavy atom. The number of hydrogen-bond donors (Lipinski definition) is 1. The zero-order valence-electron chi connectivity index (χ0n) is 8.34. The Balaban J connectivity index is 3.16. The van der Waals surface area contributed by atoms with Gasteiger partial charge in [0.1, 0.15) is 5.75 Å². The smallest absolute Gasteiger partial charge is 0.276 e. The number of nitro benzene ring substituents is 1. The molecule has 5 nitrogen and oxygen atoms in total. The molecule has 0 spiro atoms. The van der Waals surface area contributed by atoms with Gasteiger partial charge >= 0.3 is 0 Å². The molecule has 5 heteroatoms. The summed E-state index contributed by atoms with van der Waals surface area (Å²) in [7, 11) is 1.51. The van der Waals surface area contributed by atoms with E-state index in [0.29, 0.717) is 17.9 Å². The van der Waals surface area contributed by atoms with Gasteiger partial charge in [-0.05, 0) is 12.1 Å². The first kappa shape index (κ1) is 11.2. The van der Waals surface area contributed by atoms with Gasteiger partial charge in [-0.1, -0.05) is 12.2 Å². The summed E-state index contributed by atoms with van der Waals surface area (Å²) in [5.74, 6) is 0.581. The molecule has 0 heterocycles. The van der Waals surface area contributed by atoms with E-state index in [0.717, 1.165) is 0 Å². The van der Waals surface area contributed by atoms with Crippen LogP contribution in [0.4, 0.5) is 5.69 Å². The average Bonchev–Trinajstić information content (AvgIpc) is 2.25. The van der Waals surface area contributed by atoms with Gasteiger partial charge in [-0.2, -0.15) is 0 Å². The lowest BCUT2D eigenvalue weighted by Crippen LogP contribution is -1.95. The van der Waals surface area contributed by atoms with Crippen molar-refractivity contribution in [2.24, 2.45) is 5.73 Å². The van der Waals surface area contributed by atoms with Crippen molar-refractivity contribution in [1.82, 2.24) is 0 Å². The summed E-state index contributed by atoms with van der Waals surface area (Å²) in [5.41, 5.74) is 5.82. The zero-order valence-corrected chi connectivity index (χ0v) is 8.34. The molecule has 0 aliphatic heterocycles. The van der Waals surface area contributed by atoms with Crippen LogP contribution in [0.3, 0.4) is 0 Å². The summed E-state index contributed by atoms with van der Waals surface area (Å²) in [5, 5.41) is 10.7. The lowest BCUT2D eigenvalue weighted by atomic mass is 10.1. The van der Waals surface area contributed by atoms with Crippen LogP contribution in [-0.2, 0) is 0 Å². The van der Waals surface area contributed by atoms with Gasteiger partial charge in [-0.3, -0.25) is 10.1 Å². The Morgan fingerprint density at radius 3 is 2.87 bits per heavy atom. The standard InChI is InChI=1S/C10H12N2O3/c1-15-9-4-5-10(12(13)14)8(7-9)3-2-6-11/h2-5,7H,6,11H2,1H3. The molecule has 15 heavy (non-hydrogen) atoms. The second kappa shape index (κ2) is 5.11. The zero-order chi connectivity index (χ0) is 11.3. The Bertz CT molecular complexity index is 388. The van der Waals surface area contributed by atoms with E-state index in [1.54, 1.807) is 24.3 Å². The summed E-state index contributed by atoms with van der Waals surface area (Å²) in [6.45, 7) is 0.342. The minimum atomic E-state index is -0.435. The van der Waals surface area contributed by atoms with E-state index in [1.807, 2.05) is 0 Å². The highest BCUT2D eigenvalue weighted by molar-refractivity contribution is 5.63. The molecule has 0 unspecified atom stereocenters. The van der Waals surface area contributed by atoms with Crippen LogP contribution in [0.2, 0.25) is 0 Å². The number of benzene rings is 1. The summed E-state index contributed by atoms with van der Waals surface area (Å²) in [4.78, 5) is 10.2. The van der Waals surface area contributed by atoms with Crippen molar-refractivity contribution < 1.29 is 9.66 Å². The molecule has 0 radical (unpaired) electrons. The third-order valence-corrected chi connectivity index (χ3v) is 1.86. The van der Waals surface area contributed by atoms with Crippen LogP contribution in [0.25, 0.3) is 6.08 Å². The van der Waals surface area contributed by atoms with Crippen molar-refractivity contribution in [2.75, 3.05) is 13.7 Å². The molecular formula is C10H12N2O3. The molecule has 1 aromatic carbocycles. The highest BCUT2D eigenvalue weighted by Gasteiger charge is 2.11. The maximum Gasteiger partial charge on any atom is 0.276 e. The third kappa shape index (κ3) is 2.78. The molecule has 0 saturated heterocycles. The Hall–Kier alpha value is -1.88. The quantitative estimate of drug-likeness (QED) is 0.601. The maximum absolute atomic E-state index is 10.7. The highest BCUT2D eigenvalue weighted by atomic mass is 16.6. The maximum atomic E-state index is 10.7. The van der Waals surface area contributed by atoms with Gasteiger partial charge in [0.05, 0.1) is 17.6 Å². The number of methoxy groups -OCH3 is 1. The van der Waals surface area contributed by atoms with Gasteiger partial charge in [0.15, 0.2) is 0 Å². The van der Waals surface area contributed by atoms with Gasteiger partial charge in [-0.15, -0.1) is 0 Å². The predicted molar refractivity (Wildman–Crippen MR) is 57.7 cm³/mol. The molecule has 0 aliphatic rings. The number of hydrogen-bond acceptors (Lipinski definition) is 4. The second-order valence-electron chi connectivity index (χ2n) is 2.82. The minimum absolute atomic E-state index is 0.0421. The van der Waals surface area contributed by atoms with Gasteiger partial charge in [0.2, 0.25) is 0 Å². The number of rotatable bonds is 4. The molecule has 0 aliphatic carbocycles. The van der Waals surface area contributed by atoms with E-state index in [-0.39, 0.29) is 5.69 Å². The number of nitrogens with zero attached hydrogens (tertiary/aromatic N) is 1. The first-order chi connectivity index (χ1) is 7.19. The Kier molecular flexibility index (Phi) is 3.82. The van der Waals surface area contributed by atoms with Crippen molar-refractivity contribution >= 4 is 11.8 Å². The lowest BCUT2D eigenvalue weighted by Gasteiger charge is -2.01. The van der Waals surface area contributed by atoms with Crippen LogP contribution in [-0.4, -0.2) is 18.6 Å². The molecular weight excluding hydrogens is 196 g/mol. The SMILES string of the molecule is COc1ccc([N+](=O)[O-])c(C=CCN)c1. The summed E-state index contributed by atoms with van der Waals surface area (Å²) >= 11 is 0. The fourth-order valence-electron chi connectivity index (χ4n) is 1.15. The molecule has 0 amide bonds. The number of nitro groups is 1. The fourth-order valence-corrected chi connectivity index (χ4v) is 1.15. The molecule has 0 atom stereocenters. The van der Waals surface area contributed by atoms with Crippen LogP contribution in [0.15, 0.2) is 24.3 Å². The molecule has 1 rings (SSSR count). The van der Waals surface area contributed by atoms with Crippen LogP contribution in [0.5, 0.6) is 5.75 Å². The van der Waals surface area contributed by atoms with E-state index in [4.69, 9.17) is 10.5 Å². The van der Waals surface area contributed by atoms with Gasteiger partial charge < -0.3 is 10.5 Å².